The number of nitrogen functional groups attached to an aromatic ring is 1. The molecule has 0 radical (unpaired) electrons. The van der Waals surface area contributed by atoms with Crippen molar-refractivity contribution in [2.45, 2.75) is 6.42 Å². The van der Waals surface area contributed by atoms with Crippen LogP contribution in [0.1, 0.15) is 21.6 Å². The Morgan fingerprint density at radius 2 is 1.88 bits per heavy atom. The minimum absolute atomic E-state index is 0.0132. The fourth-order valence-corrected chi connectivity index (χ4v) is 3.73. The van der Waals surface area contributed by atoms with Crippen molar-refractivity contribution >= 4 is 33.7 Å². The molecule has 6 N–H and O–H groups in total. The molecule has 0 unspecified atom stereocenters. The summed E-state index contributed by atoms with van der Waals surface area (Å²) in [6.45, 7) is 0.525. The molecule has 5 aromatic rings. The smallest absolute Gasteiger partial charge is 0.251 e. The van der Waals surface area contributed by atoms with Crippen molar-refractivity contribution in [3.8, 4) is 11.3 Å². The maximum absolute atomic E-state index is 12.5. The molecule has 8 heteroatoms. The average molecular weight is 423 g/mol. The lowest BCUT2D eigenvalue weighted by atomic mass is 10.1. The van der Waals surface area contributed by atoms with Gasteiger partial charge in [-0.1, -0.05) is 18.2 Å². The van der Waals surface area contributed by atoms with Gasteiger partial charge in [0.1, 0.15) is 17.8 Å². The maximum Gasteiger partial charge on any atom is 0.251 e. The average Bonchev–Trinajstić information content (AvgIpc) is 3.43. The quantitative estimate of drug-likeness (QED) is 0.211. The Kier molecular flexibility index (Phi) is 4.87. The van der Waals surface area contributed by atoms with Gasteiger partial charge in [0.2, 0.25) is 0 Å². The molecule has 32 heavy (non-hydrogen) atoms. The van der Waals surface area contributed by atoms with E-state index in [0.717, 1.165) is 38.8 Å². The van der Waals surface area contributed by atoms with Gasteiger partial charge < -0.3 is 21.0 Å². The lowest BCUT2D eigenvalue weighted by Gasteiger charge is -2.07. The van der Waals surface area contributed by atoms with E-state index in [9.17, 15) is 4.79 Å². The highest BCUT2D eigenvalue weighted by atomic mass is 16.1. The van der Waals surface area contributed by atoms with Crippen LogP contribution in [-0.4, -0.2) is 38.2 Å². The van der Waals surface area contributed by atoms with Crippen LogP contribution in [0, 0.1) is 5.41 Å². The molecule has 8 nitrogen and oxygen atoms in total. The summed E-state index contributed by atoms with van der Waals surface area (Å²) >= 11 is 0. The molecule has 0 saturated carbocycles. The predicted molar refractivity (Wildman–Crippen MR) is 125 cm³/mol. The van der Waals surface area contributed by atoms with E-state index in [1.54, 1.807) is 6.20 Å². The van der Waals surface area contributed by atoms with Crippen LogP contribution in [0.3, 0.4) is 0 Å². The number of nitrogens with zero attached hydrogens (tertiary/aromatic N) is 2. The number of hydrogen-bond acceptors (Lipinski definition) is 4. The lowest BCUT2D eigenvalue weighted by molar-refractivity contribution is 0.0954. The Hall–Kier alpha value is -4.46. The fourth-order valence-electron chi connectivity index (χ4n) is 3.73. The van der Waals surface area contributed by atoms with Crippen molar-refractivity contribution in [2.24, 2.45) is 5.73 Å². The van der Waals surface area contributed by atoms with Crippen LogP contribution in [0.2, 0.25) is 0 Å². The standard InChI is InChI=1S/C24H21N7O/c25-22(26)21-10-17-9-14(1-6-19(17)30-21)7-8-28-24(32)16-4-2-15(3-5-16)20-11-18-12-27-13-29-23(18)31-20/h1-6,9-13,30H,7-8H2,(H3,25,26)(H,28,32)(H,27,29,31). The van der Waals surface area contributed by atoms with Gasteiger partial charge >= 0.3 is 0 Å². The Morgan fingerprint density at radius 1 is 1.03 bits per heavy atom. The van der Waals surface area contributed by atoms with Crippen LogP contribution >= 0.6 is 0 Å². The second-order valence-electron chi connectivity index (χ2n) is 7.61. The van der Waals surface area contributed by atoms with E-state index in [4.69, 9.17) is 11.1 Å². The summed E-state index contributed by atoms with van der Waals surface area (Å²) in [7, 11) is 0. The van der Waals surface area contributed by atoms with Gasteiger partial charge in [0.15, 0.2) is 0 Å². The minimum atomic E-state index is -0.111. The number of benzene rings is 2. The number of fused-ring (bicyclic) bond motifs is 2. The Labute approximate surface area is 183 Å². The zero-order chi connectivity index (χ0) is 22.1. The third kappa shape index (κ3) is 3.81. The summed E-state index contributed by atoms with van der Waals surface area (Å²) < 4.78 is 0. The number of H-pyrrole nitrogens is 2. The van der Waals surface area contributed by atoms with Gasteiger partial charge in [-0.15, -0.1) is 0 Å². The molecular weight excluding hydrogens is 402 g/mol. The van der Waals surface area contributed by atoms with Gasteiger partial charge in [-0.05, 0) is 53.9 Å². The number of carbonyl (C=O) groups is 1. The zero-order valence-corrected chi connectivity index (χ0v) is 17.1. The number of aromatic nitrogens is 4. The van der Waals surface area contributed by atoms with Crippen LogP contribution < -0.4 is 11.1 Å². The Bertz CT molecular complexity index is 1410. The number of nitrogens with one attached hydrogen (secondary N) is 4. The molecule has 158 valence electrons. The topological polar surface area (TPSA) is 136 Å². The van der Waals surface area contributed by atoms with Gasteiger partial charge in [-0.25, -0.2) is 9.97 Å². The number of amides is 1. The first kappa shape index (κ1) is 19.5. The highest BCUT2D eigenvalue weighted by molar-refractivity contribution is 5.98. The molecule has 0 aliphatic heterocycles. The van der Waals surface area contributed by atoms with E-state index in [-0.39, 0.29) is 11.7 Å². The van der Waals surface area contributed by atoms with Crippen molar-refractivity contribution < 1.29 is 4.79 Å². The summed E-state index contributed by atoms with van der Waals surface area (Å²) in [5, 5.41) is 12.5. The Balaban J connectivity index is 1.21. The molecule has 0 saturated heterocycles. The molecule has 0 bridgehead atoms. The van der Waals surface area contributed by atoms with Crippen molar-refractivity contribution in [3.63, 3.8) is 0 Å². The normalized spacial score (nSPS) is 11.1. The molecule has 0 aliphatic rings. The van der Waals surface area contributed by atoms with Crippen molar-refractivity contribution in [1.82, 2.24) is 25.3 Å². The van der Waals surface area contributed by atoms with Crippen molar-refractivity contribution in [2.75, 3.05) is 6.54 Å². The first-order valence-corrected chi connectivity index (χ1v) is 10.2. The molecule has 5 rings (SSSR count). The molecule has 0 aliphatic carbocycles. The first-order valence-electron chi connectivity index (χ1n) is 10.2. The number of amidine groups is 1. The summed E-state index contributed by atoms with van der Waals surface area (Å²) in [5.74, 6) is -0.0973. The van der Waals surface area contributed by atoms with Gasteiger partial charge in [-0.3, -0.25) is 10.2 Å². The molecule has 2 aromatic carbocycles. The van der Waals surface area contributed by atoms with Crippen molar-refractivity contribution in [1.29, 1.82) is 5.41 Å². The van der Waals surface area contributed by atoms with E-state index < -0.39 is 0 Å². The first-order chi connectivity index (χ1) is 15.6. The second-order valence-corrected chi connectivity index (χ2v) is 7.61. The molecule has 1 amide bonds. The molecule has 3 heterocycles. The van der Waals surface area contributed by atoms with Gasteiger partial charge in [-0.2, -0.15) is 0 Å². The summed E-state index contributed by atoms with van der Waals surface area (Å²) in [5.41, 5.74) is 11.5. The minimum Gasteiger partial charge on any atom is -0.382 e. The SMILES string of the molecule is N=C(N)c1cc2cc(CCNC(=O)c3ccc(-c4cc5cncnc5[nH]4)cc3)ccc2[nH]1. The van der Waals surface area contributed by atoms with Crippen LogP contribution in [0.4, 0.5) is 0 Å². The van der Waals surface area contributed by atoms with Gasteiger partial charge in [0.25, 0.3) is 5.91 Å². The van der Waals surface area contributed by atoms with E-state index in [1.807, 2.05) is 54.6 Å². The van der Waals surface area contributed by atoms with Crippen LogP contribution in [0.25, 0.3) is 33.2 Å². The summed E-state index contributed by atoms with van der Waals surface area (Å²) in [6, 6.07) is 17.3. The van der Waals surface area contributed by atoms with Gasteiger partial charge in [0, 0.05) is 40.3 Å². The summed E-state index contributed by atoms with van der Waals surface area (Å²) in [4.78, 5) is 27.2. The van der Waals surface area contributed by atoms with E-state index in [0.29, 0.717) is 24.2 Å². The largest absolute Gasteiger partial charge is 0.382 e. The maximum atomic E-state index is 12.5. The van der Waals surface area contributed by atoms with Gasteiger partial charge in [0.05, 0.1) is 5.69 Å². The monoisotopic (exact) mass is 423 g/mol. The van der Waals surface area contributed by atoms with Crippen LogP contribution in [-0.2, 0) is 6.42 Å². The Morgan fingerprint density at radius 3 is 2.66 bits per heavy atom. The highest BCUT2D eigenvalue weighted by Gasteiger charge is 2.09. The number of nitrogens with two attached hydrogens (primary N) is 1. The van der Waals surface area contributed by atoms with Crippen molar-refractivity contribution in [3.05, 3.63) is 83.9 Å². The molecule has 3 aromatic heterocycles. The number of rotatable bonds is 6. The highest BCUT2D eigenvalue weighted by Crippen LogP contribution is 2.23. The van der Waals surface area contributed by atoms with Crippen LogP contribution in [0.15, 0.2) is 67.1 Å². The fraction of sp³-hybridized carbons (Fsp3) is 0.0833. The zero-order valence-electron chi connectivity index (χ0n) is 17.1. The molecule has 0 fully saturated rings. The number of hydrogen-bond donors (Lipinski definition) is 5. The number of aromatic amines is 2. The van der Waals surface area contributed by atoms with E-state index >= 15 is 0 Å². The second kappa shape index (κ2) is 7.99. The molecule has 0 atom stereocenters. The molecular formula is C24H21N7O. The third-order valence-corrected chi connectivity index (χ3v) is 5.43. The van der Waals surface area contributed by atoms with Crippen LogP contribution in [0.5, 0.6) is 0 Å². The summed E-state index contributed by atoms with van der Waals surface area (Å²) in [6.07, 6.45) is 3.98. The lowest BCUT2D eigenvalue weighted by Crippen LogP contribution is -2.25. The number of carbonyl (C=O) groups excluding carboxylic acids is 1. The third-order valence-electron chi connectivity index (χ3n) is 5.43. The predicted octanol–water partition coefficient (Wildman–Crippen LogP) is 3.36. The molecule has 0 spiro atoms. The van der Waals surface area contributed by atoms with E-state index in [1.165, 1.54) is 6.33 Å². The van der Waals surface area contributed by atoms with E-state index in [2.05, 4.69) is 25.3 Å².